The summed E-state index contributed by atoms with van der Waals surface area (Å²) in [5.74, 6) is -0.439. The van der Waals surface area contributed by atoms with Crippen LogP contribution in [-0.2, 0) is 4.74 Å². The Kier molecular flexibility index (Phi) is 4.94. The Balaban J connectivity index is 1.80. The minimum Gasteiger partial charge on any atom is -0.465 e. The van der Waals surface area contributed by atoms with Crippen LogP contribution in [0.5, 0.6) is 0 Å². The molecule has 8 heteroatoms. The maximum atomic E-state index is 11.7. The van der Waals surface area contributed by atoms with Gasteiger partial charge in [0.15, 0.2) is 5.11 Å². The lowest BCUT2D eigenvalue weighted by Crippen LogP contribution is -2.18. The van der Waals surface area contributed by atoms with Crippen molar-refractivity contribution in [1.29, 1.82) is 0 Å². The highest BCUT2D eigenvalue weighted by Crippen LogP contribution is 2.37. The van der Waals surface area contributed by atoms with Crippen LogP contribution in [0.1, 0.15) is 9.67 Å². The van der Waals surface area contributed by atoms with Crippen LogP contribution in [0.15, 0.2) is 42.7 Å². The number of nitrogens with zero attached hydrogens (tertiary/aromatic N) is 1. The second-order valence-corrected chi connectivity index (χ2v) is 6.60. The maximum absolute atomic E-state index is 11.7. The molecular formula is C16H12ClN3O2S2. The number of halogens is 1. The van der Waals surface area contributed by atoms with E-state index in [-0.39, 0.29) is 0 Å². The number of methoxy groups -OCH3 is 1. The minimum atomic E-state index is -0.439. The van der Waals surface area contributed by atoms with E-state index < -0.39 is 5.97 Å². The molecule has 122 valence electrons. The molecule has 5 nitrogen and oxygen atoms in total. The van der Waals surface area contributed by atoms with Crippen LogP contribution in [-0.4, -0.2) is 23.2 Å². The van der Waals surface area contributed by atoms with Gasteiger partial charge in [0, 0.05) is 33.9 Å². The summed E-state index contributed by atoms with van der Waals surface area (Å²) in [5.41, 5.74) is 1.64. The zero-order valence-electron chi connectivity index (χ0n) is 12.5. The van der Waals surface area contributed by atoms with Crippen LogP contribution in [0, 0.1) is 0 Å². The molecule has 3 rings (SSSR count). The summed E-state index contributed by atoms with van der Waals surface area (Å²) in [7, 11) is 1.33. The molecular weight excluding hydrogens is 366 g/mol. The molecule has 0 aliphatic carbocycles. The van der Waals surface area contributed by atoms with Gasteiger partial charge in [0.05, 0.1) is 12.1 Å². The molecule has 2 N–H and O–H groups in total. The number of carbonyl (C=O) groups excluding carboxylic acids is 1. The van der Waals surface area contributed by atoms with E-state index in [9.17, 15) is 4.79 Å². The fourth-order valence-electron chi connectivity index (χ4n) is 2.10. The topological polar surface area (TPSA) is 63.2 Å². The van der Waals surface area contributed by atoms with E-state index in [4.69, 9.17) is 28.6 Å². The fraction of sp³-hybridized carbons (Fsp3) is 0.0625. The van der Waals surface area contributed by atoms with Gasteiger partial charge in [0.2, 0.25) is 0 Å². The Bertz CT molecular complexity index is 912. The van der Waals surface area contributed by atoms with Crippen LogP contribution in [0.4, 0.5) is 11.4 Å². The second-order valence-electron chi connectivity index (χ2n) is 4.76. The average Bonchev–Trinajstić information content (AvgIpc) is 2.91. The number of esters is 1. The van der Waals surface area contributed by atoms with E-state index in [2.05, 4.69) is 15.6 Å². The van der Waals surface area contributed by atoms with E-state index in [1.54, 1.807) is 12.4 Å². The van der Waals surface area contributed by atoms with Gasteiger partial charge < -0.3 is 15.4 Å². The van der Waals surface area contributed by atoms with Gasteiger partial charge in [-0.05, 0) is 42.5 Å². The molecule has 24 heavy (non-hydrogen) atoms. The van der Waals surface area contributed by atoms with Crippen molar-refractivity contribution >= 4 is 67.7 Å². The van der Waals surface area contributed by atoms with Gasteiger partial charge in [-0.25, -0.2) is 4.79 Å². The minimum absolute atomic E-state index is 0.392. The van der Waals surface area contributed by atoms with Crippen molar-refractivity contribution in [2.24, 2.45) is 0 Å². The monoisotopic (exact) mass is 377 g/mol. The molecule has 0 spiro atoms. The predicted molar refractivity (Wildman–Crippen MR) is 102 cm³/mol. The first kappa shape index (κ1) is 16.6. The zero-order valence-corrected chi connectivity index (χ0v) is 14.9. The SMILES string of the molecule is COC(=O)c1sc2cc(NC(=S)Nc3ccncc3)ccc2c1Cl. The highest BCUT2D eigenvalue weighted by Gasteiger charge is 2.17. The molecule has 0 aliphatic heterocycles. The fourth-order valence-corrected chi connectivity index (χ4v) is 3.80. The van der Waals surface area contributed by atoms with E-state index in [1.165, 1.54) is 18.4 Å². The van der Waals surface area contributed by atoms with Gasteiger partial charge in [-0.1, -0.05) is 11.6 Å². The number of hydrogen-bond donors (Lipinski definition) is 2. The summed E-state index contributed by atoms with van der Waals surface area (Å²) in [5, 5.41) is 7.84. The molecule has 2 aromatic heterocycles. The van der Waals surface area contributed by atoms with E-state index >= 15 is 0 Å². The number of fused-ring (bicyclic) bond motifs is 1. The summed E-state index contributed by atoms with van der Waals surface area (Å²) < 4.78 is 5.62. The molecule has 2 heterocycles. The van der Waals surface area contributed by atoms with Crippen LogP contribution < -0.4 is 10.6 Å². The quantitative estimate of drug-likeness (QED) is 0.516. The molecule has 0 amide bonds. The molecule has 0 bridgehead atoms. The molecule has 3 aromatic rings. The Morgan fingerprint density at radius 1 is 1.21 bits per heavy atom. The number of benzene rings is 1. The number of rotatable bonds is 3. The molecule has 0 saturated heterocycles. The Morgan fingerprint density at radius 3 is 2.62 bits per heavy atom. The lowest BCUT2D eigenvalue weighted by atomic mass is 10.2. The summed E-state index contributed by atoms with van der Waals surface area (Å²) >= 11 is 12.8. The van der Waals surface area contributed by atoms with Crippen LogP contribution in [0.25, 0.3) is 10.1 Å². The summed E-state index contributed by atoms with van der Waals surface area (Å²) in [6.07, 6.45) is 3.36. The standard InChI is InChI=1S/C16H12ClN3O2S2/c1-22-15(21)14-13(17)11-3-2-10(8-12(11)24-14)20-16(23)19-9-4-6-18-7-5-9/h2-8H,1H3,(H2,18,19,20,23). The Morgan fingerprint density at radius 2 is 1.92 bits per heavy atom. The summed E-state index contributed by atoms with van der Waals surface area (Å²) in [6.45, 7) is 0. The molecule has 0 radical (unpaired) electrons. The Hall–Kier alpha value is -2.22. The van der Waals surface area contributed by atoms with Crippen LogP contribution in [0.2, 0.25) is 5.02 Å². The number of anilines is 2. The third kappa shape index (κ3) is 3.48. The third-order valence-electron chi connectivity index (χ3n) is 3.20. The van der Waals surface area contributed by atoms with Crippen LogP contribution in [0.3, 0.4) is 0 Å². The maximum Gasteiger partial charge on any atom is 0.349 e. The van der Waals surface area contributed by atoms with Crippen molar-refractivity contribution < 1.29 is 9.53 Å². The zero-order chi connectivity index (χ0) is 17.1. The average molecular weight is 378 g/mol. The van der Waals surface area contributed by atoms with Gasteiger partial charge in [-0.3, -0.25) is 4.98 Å². The van der Waals surface area contributed by atoms with E-state index in [0.717, 1.165) is 21.5 Å². The molecule has 0 aliphatic rings. The molecule has 0 atom stereocenters. The van der Waals surface area contributed by atoms with E-state index in [0.29, 0.717) is 15.0 Å². The highest BCUT2D eigenvalue weighted by molar-refractivity contribution is 7.80. The largest absolute Gasteiger partial charge is 0.465 e. The van der Waals surface area contributed by atoms with Crippen molar-refractivity contribution in [1.82, 2.24) is 4.98 Å². The number of ether oxygens (including phenoxy) is 1. The molecule has 0 saturated carbocycles. The van der Waals surface area contributed by atoms with Crippen LogP contribution >= 0.6 is 35.2 Å². The number of aromatic nitrogens is 1. The lowest BCUT2D eigenvalue weighted by molar-refractivity contribution is 0.0606. The smallest absolute Gasteiger partial charge is 0.349 e. The van der Waals surface area contributed by atoms with Crippen molar-refractivity contribution in [3.63, 3.8) is 0 Å². The first-order valence-corrected chi connectivity index (χ1v) is 8.47. The molecule has 1 aromatic carbocycles. The van der Waals surface area contributed by atoms with Crippen molar-refractivity contribution in [2.75, 3.05) is 17.7 Å². The number of hydrogen-bond acceptors (Lipinski definition) is 5. The lowest BCUT2D eigenvalue weighted by Gasteiger charge is -2.10. The first-order valence-electron chi connectivity index (χ1n) is 6.87. The number of pyridine rings is 1. The van der Waals surface area contributed by atoms with Gasteiger partial charge in [0.25, 0.3) is 0 Å². The van der Waals surface area contributed by atoms with Crippen molar-refractivity contribution in [2.45, 2.75) is 0 Å². The number of nitrogens with one attached hydrogen (secondary N) is 2. The van der Waals surface area contributed by atoms with Gasteiger partial charge in [0.1, 0.15) is 4.88 Å². The molecule has 0 fully saturated rings. The van der Waals surface area contributed by atoms with Gasteiger partial charge in [-0.15, -0.1) is 11.3 Å². The van der Waals surface area contributed by atoms with Gasteiger partial charge in [-0.2, -0.15) is 0 Å². The normalized spacial score (nSPS) is 10.4. The van der Waals surface area contributed by atoms with Gasteiger partial charge >= 0.3 is 5.97 Å². The van der Waals surface area contributed by atoms with Crippen molar-refractivity contribution in [3.8, 4) is 0 Å². The number of carbonyl (C=O) groups is 1. The first-order chi connectivity index (χ1) is 11.6. The highest BCUT2D eigenvalue weighted by atomic mass is 35.5. The van der Waals surface area contributed by atoms with E-state index in [1.807, 2.05) is 30.3 Å². The molecule has 0 unspecified atom stereocenters. The third-order valence-corrected chi connectivity index (χ3v) is 5.04. The second kappa shape index (κ2) is 7.12. The predicted octanol–water partition coefficient (Wildman–Crippen LogP) is 4.55. The summed E-state index contributed by atoms with van der Waals surface area (Å²) in [6, 6.07) is 9.22. The number of thiocarbonyl (C=S) groups is 1. The summed E-state index contributed by atoms with van der Waals surface area (Å²) in [4.78, 5) is 16.1. The number of thiophene rings is 1. The Labute approximate surface area is 152 Å². The van der Waals surface area contributed by atoms with Crippen molar-refractivity contribution in [3.05, 3.63) is 52.6 Å².